The predicted octanol–water partition coefficient (Wildman–Crippen LogP) is 5.91. The molecule has 0 atom stereocenters. The number of aryl methyl sites for hydroxylation is 2. The highest BCUT2D eigenvalue weighted by Gasteiger charge is 2.25. The lowest BCUT2D eigenvalue weighted by molar-refractivity contribution is 0.0986. The van der Waals surface area contributed by atoms with Crippen molar-refractivity contribution in [3.8, 4) is 0 Å². The molecule has 0 N–H and O–H groups in total. The molecule has 0 unspecified atom stereocenters. The van der Waals surface area contributed by atoms with Gasteiger partial charge in [-0.05, 0) is 57.3 Å². The lowest BCUT2D eigenvalue weighted by atomic mass is 10.1. The Morgan fingerprint density at radius 1 is 1.07 bits per heavy atom. The molecule has 0 saturated carbocycles. The summed E-state index contributed by atoms with van der Waals surface area (Å²) >= 11 is 15.0. The molecule has 0 bridgehead atoms. The quantitative estimate of drug-likeness (QED) is 0.471. The summed E-state index contributed by atoms with van der Waals surface area (Å²) in [5, 5.41) is 0.676. The van der Waals surface area contributed by atoms with Crippen LogP contribution in [0.5, 0.6) is 0 Å². The van der Waals surface area contributed by atoms with Gasteiger partial charge in [-0.2, -0.15) is 0 Å². The van der Waals surface area contributed by atoms with Crippen LogP contribution in [0.1, 0.15) is 21.5 Å². The molecule has 1 amide bonds. The number of rotatable bonds is 5. The van der Waals surface area contributed by atoms with E-state index in [-0.39, 0.29) is 18.3 Å². The molecule has 0 aliphatic rings. The average Bonchev–Trinajstić information content (AvgIpc) is 3.10. The van der Waals surface area contributed by atoms with Crippen molar-refractivity contribution in [2.24, 2.45) is 0 Å². The summed E-state index contributed by atoms with van der Waals surface area (Å²) in [5.41, 5.74) is 3.73. The number of halogens is 3. The Balaban J connectivity index is 0.00000261. The van der Waals surface area contributed by atoms with Gasteiger partial charge in [0.15, 0.2) is 5.13 Å². The van der Waals surface area contributed by atoms with Crippen molar-refractivity contribution >= 4 is 79.5 Å². The number of likely N-dealkylation sites (N-methyl/N-ethyl adjacent to an activating group) is 1. The number of fused-ring (bicyclic) bond motifs is 1. The molecule has 4 nitrogen and oxygen atoms in total. The minimum atomic E-state index is -0.174. The average molecular weight is 465 g/mol. The Bertz CT molecular complexity index is 929. The van der Waals surface area contributed by atoms with E-state index in [0.717, 1.165) is 16.8 Å². The molecule has 146 valence electrons. The number of carbonyl (C=O) groups excluding carboxylic acids is 1. The number of benzene rings is 1. The van der Waals surface area contributed by atoms with Crippen LogP contribution in [-0.4, -0.2) is 43.0 Å². The summed E-state index contributed by atoms with van der Waals surface area (Å²) in [5.74, 6) is -0.174. The number of amides is 1. The summed E-state index contributed by atoms with van der Waals surface area (Å²) in [7, 11) is 3.95. The van der Waals surface area contributed by atoms with Gasteiger partial charge < -0.3 is 4.90 Å². The van der Waals surface area contributed by atoms with Crippen LogP contribution in [0.4, 0.5) is 5.13 Å². The second-order valence-electron chi connectivity index (χ2n) is 6.40. The second-order valence-corrected chi connectivity index (χ2v) is 9.69. The second kappa shape index (κ2) is 9.07. The molecule has 0 saturated heterocycles. The molecule has 2 heterocycles. The summed E-state index contributed by atoms with van der Waals surface area (Å²) < 4.78 is 1.98. The smallest absolute Gasteiger partial charge is 0.262 e. The van der Waals surface area contributed by atoms with Gasteiger partial charge >= 0.3 is 0 Å². The Morgan fingerprint density at radius 2 is 1.74 bits per heavy atom. The van der Waals surface area contributed by atoms with Gasteiger partial charge in [-0.25, -0.2) is 4.98 Å². The molecular weight excluding hydrogens is 445 g/mol. The van der Waals surface area contributed by atoms with Crippen molar-refractivity contribution in [1.29, 1.82) is 0 Å². The van der Waals surface area contributed by atoms with E-state index in [0.29, 0.717) is 25.9 Å². The van der Waals surface area contributed by atoms with Crippen LogP contribution >= 0.6 is 58.3 Å². The monoisotopic (exact) mass is 463 g/mol. The minimum absolute atomic E-state index is 0. The predicted molar refractivity (Wildman–Crippen MR) is 121 cm³/mol. The van der Waals surface area contributed by atoms with E-state index in [1.54, 1.807) is 11.0 Å². The fourth-order valence-corrected chi connectivity index (χ4v) is 5.02. The van der Waals surface area contributed by atoms with E-state index < -0.39 is 0 Å². The molecule has 0 aliphatic carbocycles. The SMILES string of the molecule is Cc1cc2nc(N(CCN(C)C)C(=O)c3cc(Cl)sc3Cl)sc2cc1C.Cl. The number of hydrogen-bond acceptors (Lipinski definition) is 5. The number of aromatic nitrogens is 1. The molecule has 1 aromatic carbocycles. The van der Waals surface area contributed by atoms with E-state index in [1.165, 1.54) is 33.8 Å². The van der Waals surface area contributed by atoms with Gasteiger partial charge in [0.2, 0.25) is 0 Å². The zero-order valence-corrected chi connectivity index (χ0v) is 19.3. The summed E-state index contributed by atoms with van der Waals surface area (Å²) in [6.07, 6.45) is 0. The first kappa shape index (κ1) is 22.4. The summed E-state index contributed by atoms with van der Waals surface area (Å²) in [4.78, 5) is 21.6. The first-order chi connectivity index (χ1) is 12.3. The third-order valence-electron chi connectivity index (χ3n) is 4.13. The van der Waals surface area contributed by atoms with Gasteiger partial charge in [0.05, 0.1) is 20.1 Å². The van der Waals surface area contributed by atoms with E-state index in [9.17, 15) is 4.79 Å². The zero-order valence-electron chi connectivity index (χ0n) is 15.4. The number of carbonyl (C=O) groups is 1. The van der Waals surface area contributed by atoms with Gasteiger partial charge in [0, 0.05) is 13.1 Å². The fraction of sp³-hybridized carbons (Fsp3) is 0.333. The van der Waals surface area contributed by atoms with Crippen molar-refractivity contribution in [3.05, 3.63) is 43.6 Å². The summed E-state index contributed by atoms with van der Waals surface area (Å²) in [6.45, 7) is 5.38. The highest BCUT2D eigenvalue weighted by atomic mass is 35.5. The minimum Gasteiger partial charge on any atom is -0.308 e. The lowest BCUT2D eigenvalue weighted by Gasteiger charge is -2.21. The van der Waals surface area contributed by atoms with Crippen molar-refractivity contribution in [2.75, 3.05) is 32.1 Å². The summed E-state index contributed by atoms with van der Waals surface area (Å²) in [6, 6.07) is 5.81. The third kappa shape index (κ3) is 4.94. The molecule has 27 heavy (non-hydrogen) atoms. The number of thiophene rings is 1. The molecule has 0 spiro atoms. The van der Waals surface area contributed by atoms with E-state index in [1.807, 2.05) is 19.0 Å². The van der Waals surface area contributed by atoms with Crippen LogP contribution in [-0.2, 0) is 0 Å². The van der Waals surface area contributed by atoms with Gasteiger partial charge in [0.1, 0.15) is 4.34 Å². The highest BCUT2D eigenvalue weighted by molar-refractivity contribution is 7.22. The number of thiazole rings is 1. The molecule has 0 radical (unpaired) electrons. The standard InChI is InChI=1S/C18H19Cl2N3OS2.ClH/c1-10-7-13-14(8-11(10)2)25-18(21-13)23(6-5-22(3)4)17(24)12-9-15(19)26-16(12)20;/h7-9H,5-6H2,1-4H3;1H. The van der Waals surface area contributed by atoms with Gasteiger partial charge in [-0.3, -0.25) is 9.69 Å². The van der Waals surface area contributed by atoms with Crippen molar-refractivity contribution in [3.63, 3.8) is 0 Å². The van der Waals surface area contributed by atoms with Crippen LogP contribution < -0.4 is 4.90 Å². The van der Waals surface area contributed by atoms with Crippen LogP contribution in [0.25, 0.3) is 10.2 Å². The number of hydrogen-bond donors (Lipinski definition) is 0. The highest BCUT2D eigenvalue weighted by Crippen LogP contribution is 2.35. The van der Waals surface area contributed by atoms with Crippen molar-refractivity contribution in [1.82, 2.24) is 9.88 Å². The maximum absolute atomic E-state index is 13.1. The van der Waals surface area contributed by atoms with Gasteiger partial charge in [0.25, 0.3) is 5.91 Å². The van der Waals surface area contributed by atoms with E-state index in [2.05, 4.69) is 26.0 Å². The van der Waals surface area contributed by atoms with Crippen molar-refractivity contribution < 1.29 is 4.79 Å². The Kier molecular flexibility index (Phi) is 7.53. The number of anilines is 1. The third-order valence-corrected chi connectivity index (χ3v) is 6.66. The van der Waals surface area contributed by atoms with E-state index >= 15 is 0 Å². The molecule has 0 aliphatic heterocycles. The normalized spacial score (nSPS) is 11.1. The molecular formula is C18H20Cl3N3OS2. The number of nitrogens with zero attached hydrogens (tertiary/aromatic N) is 3. The fourth-order valence-electron chi connectivity index (χ4n) is 2.50. The topological polar surface area (TPSA) is 36.4 Å². The van der Waals surface area contributed by atoms with Crippen LogP contribution in [0, 0.1) is 13.8 Å². The van der Waals surface area contributed by atoms with Gasteiger partial charge in [-0.15, -0.1) is 23.7 Å². The van der Waals surface area contributed by atoms with Crippen molar-refractivity contribution in [2.45, 2.75) is 13.8 Å². The van der Waals surface area contributed by atoms with Crippen LogP contribution in [0.15, 0.2) is 18.2 Å². The first-order valence-corrected chi connectivity index (χ1v) is 10.4. The molecule has 3 rings (SSSR count). The largest absolute Gasteiger partial charge is 0.308 e. The van der Waals surface area contributed by atoms with Crippen LogP contribution in [0.3, 0.4) is 0 Å². The Hall–Kier alpha value is -0.890. The van der Waals surface area contributed by atoms with Gasteiger partial charge in [-0.1, -0.05) is 34.5 Å². The van der Waals surface area contributed by atoms with E-state index in [4.69, 9.17) is 28.2 Å². The Morgan fingerprint density at radius 3 is 2.33 bits per heavy atom. The maximum Gasteiger partial charge on any atom is 0.262 e. The molecule has 3 aromatic rings. The Labute approximate surface area is 183 Å². The van der Waals surface area contributed by atoms with Crippen LogP contribution in [0.2, 0.25) is 8.67 Å². The molecule has 9 heteroatoms. The first-order valence-electron chi connectivity index (χ1n) is 8.05. The zero-order chi connectivity index (χ0) is 19.0. The molecule has 0 fully saturated rings. The molecule has 2 aromatic heterocycles. The maximum atomic E-state index is 13.1. The lowest BCUT2D eigenvalue weighted by Crippen LogP contribution is -2.36.